The Bertz CT molecular complexity index is 463. The Labute approximate surface area is 106 Å². The van der Waals surface area contributed by atoms with Crippen LogP contribution in [0.25, 0.3) is 0 Å². The molecule has 98 valence electrons. The molecule has 18 heavy (non-hydrogen) atoms. The highest BCUT2D eigenvalue weighted by Crippen LogP contribution is 2.21. The molecule has 0 atom stereocenters. The first-order chi connectivity index (χ1) is 8.49. The second-order valence-electron chi connectivity index (χ2n) is 4.34. The molecular formula is C14H18O4. The molecule has 0 radical (unpaired) electrons. The number of rotatable bonds is 6. The SMILES string of the molecule is CCCCCc1ccc(C(=O)O)c(C)c1C(=O)O. The van der Waals surface area contributed by atoms with Gasteiger partial charge in [-0.15, -0.1) is 0 Å². The Hall–Kier alpha value is -1.84. The van der Waals surface area contributed by atoms with Crippen LogP contribution in [0.3, 0.4) is 0 Å². The van der Waals surface area contributed by atoms with Crippen molar-refractivity contribution in [3.8, 4) is 0 Å². The van der Waals surface area contributed by atoms with Crippen molar-refractivity contribution in [1.29, 1.82) is 0 Å². The quantitative estimate of drug-likeness (QED) is 0.761. The monoisotopic (exact) mass is 250 g/mol. The summed E-state index contributed by atoms with van der Waals surface area (Å²) in [5, 5.41) is 18.2. The van der Waals surface area contributed by atoms with Crippen molar-refractivity contribution >= 4 is 11.9 Å². The summed E-state index contributed by atoms with van der Waals surface area (Å²) in [6.07, 6.45) is 3.70. The van der Waals surface area contributed by atoms with Crippen LogP contribution in [-0.4, -0.2) is 22.2 Å². The first-order valence-electron chi connectivity index (χ1n) is 6.08. The number of unbranched alkanes of at least 4 members (excludes halogenated alkanes) is 2. The van der Waals surface area contributed by atoms with Crippen LogP contribution in [0.15, 0.2) is 12.1 Å². The summed E-state index contributed by atoms with van der Waals surface area (Å²) in [5.74, 6) is -2.14. The summed E-state index contributed by atoms with van der Waals surface area (Å²) in [6, 6.07) is 3.11. The van der Waals surface area contributed by atoms with Gasteiger partial charge in [-0.25, -0.2) is 9.59 Å². The van der Waals surface area contributed by atoms with Crippen LogP contribution in [0.5, 0.6) is 0 Å². The number of aromatic carboxylic acids is 2. The van der Waals surface area contributed by atoms with Gasteiger partial charge >= 0.3 is 11.9 Å². The van der Waals surface area contributed by atoms with Gasteiger partial charge in [0.25, 0.3) is 0 Å². The van der Waals surface area contributed by atoms with E-state index in [4.69, 9.17) is 5.11 Å². The van der Waals surface area contributed by atoms with Crippen molar-refractivity contribution in [2.45, 2.75) is 39.5 Å². The molecule has 0 bridgehead atoms. The third-order valence-corrected chi connectivity index (χ3v) is 3.05. The van der Waals surface area contributed by atoms with E-state index in [0.717, 1.165) is 24.8 Å². The van der Waals surface area contributed by atoms with Crippen molar-refractivity contribution in [1.82, 2.24) is 0 Å². The highest BCUT2D eigenvalue weighted by atomic mass is 16.4. The van der Waals surface area contributed by atoms with Crippen LogP contribution in [-0.2, 0) is 6.42 Å². The maximum absolute atomic E-state index is 11.3. The van der Waals surface area contributed by atoms with Crippen LogP contribution in [0.2, 0.25) is 0 Å². The highest BCUT2D eigenvalue weighted by Gasteiger charge is 2.18. The van der Waals surface area contributed by atoms with E-state index >= 15 is 0 Å². The van der Waals surface area contributed by atoms with Crippen LogP contribution in [0, 0.1) is 6.92 Å². The number of carbonyl (C=O) groups is 2. The molecule has 0 saturated heterocycles. The fourth-order valence-corrected chi connectivity index (χ4v) is 2.07. The summed E-state index contributed by atoms with van der Waals surface area (Å²) in [4.78, 5) is 22.2. The van der Waals surface area contributed by atoms with E-state index < -0.39 is 11.9 Å². The Kier molecular flexibility index (Phi) is 4.89. The van der Waals surface area contributed by atoms with Crippen molar-refractivity contribution in [3.63, 3.8) is 0 Å². The summed E-state index contributed by atoms with van der Waals surface area (Å²) in [5.41, 5.74) is 1.26. The molecule has 0 aliphatic heterocycles. The summed E-state index contributed by atoms with van der Waals surface area (Å²) in [7, 11) is 0. The van der Waals surface area contributed by atoms with E-state index in [9.17, 15) is 14.7 Å². The van der Waals surface area contributed by atoms with Gasteiger partial charge in [0, 0.05) is 0 Å². The van der Waals surface area contributed by atoms with Gasteiger partial charge in [-0.1, -0.05) is 25.8 Å². The zero-order valence-corrected chi connectivity index (χ0v) is 10.7. The molecule has 4 heteroatoms. The summed E-state index contributed by atoms with van der Waals surface area (Å²) >= 11 is 0. The molecule has 0 aliphatic rings. The molecular weight excluding hydrogens is 232 g/mol. The van der Waals surface area contributed by atoms with E-state index in [2.05, 4.69) is 6.92 Å². The van der Waals surface area contributed by atoms with E-state index in [1.54, 1.807) is 13.0 Å². The molecule has 0 aliphatic carbocycles. The Morgan fingerprint density at radius 3 is 2.28 bits per heavy atom. The number of aryl methyl sites for hydroxylation is 1. The number of benzene rings is 1. The average molecular weight is 250 g/mol. The lowest BCUT2D eigenvalue weighted by molar-refractivity contribution is 0.0695. The lowest BCUT2D eigenvalue weighted by Gasteiger charge is -2.11. The molecule has 0 spiro atoms. The molecule has 0 heterocycles. The topological polar surface area (TPSA) is 74.6 Å². The number of hydrogen-bond acceptors (Lipinski definition) is 2. The largest absolute Gasteiger partial charge is 0.478 e. The van der Waals surface area contributed by atoms with Gasteiger partial charge in [-0.3, -0.25) is 0 Å². The normalized spacial score (nSPS) is 10.3. The Morgan fingerprint density at radius 1 is 1.11 bits per heavy atom. The van der Waals surface area contributed by atoms with E-state index in [1.807, 2.05) is 0 Å². The van der Waals surface area contributed by atoms with Crippen LogP contribution < -0.4 is 0 Å². The van der Waals surface area contributed by atoms with E-state index in [-0.39, 0.29) is 11.1 Å². The number of carboxylic acid groups (broad SMARTS) is 2. The molecule has 2 N–H and O–H groups in total. The molecule has 0 unspecified atom stereocenters. The second-order valence-corrected chi connectivity index (χ2v) is 4.34. The zero-order chi connectivity index (χ0) is 13.7. The van der Waals surface area contributed by atoms with Gasteiger partial charge in [0.15, 0.2) is 0 Å². The van der Waals surface area contributed by atoms with Crippen molar-refractivity contribution in [2.75, 3.05) is 0 Å². The Morgan fingerprint density at radius 2 is 1.78 bits per heavy atom. The fourth-order valence-electron chi connectivity index (χ4n) is 2.07. The van der Waals surface area contributed by atoms with Gasteiger partial charge < -0.3 is 10.2 Å². The Balaban J connectivity index is 3.15. The van der Waals surface area contributed by atoms with Gasteiger partial charge in [0.2, 0.25) is 0 Å². The molecule has 0 saturated carbocycles. The predicted octanol–water partition coefficient (Wildman–Crippen LogP) is 3.12. The maximum atomic E-state index is 11.3. The third kappa shape index (κ3) is 3.09. The van der Waals surface area contributed by atoms with Gasteiger partial charge in [0.05, 0.1) is 11.1 Å². The fraction of sp³-hybridized carbons (Fsp3) is 0.429. The summed E-state index contributed by atoms with van der Waals surface area (Å²) in [6.45, 7) is 3.63. The standard InChI is InChI=1S/C14H18O4/c1-3-4-5-6-10-7-8-11(13(15)16)9(2)12(10)14(17)18/h7-8H,3-6H2,1-2H3,(H,15,16)(H,17,18). The molecule has 0 fully saturated rings. The molecule has 1 aromatic rings. The first-order valence-corrected chi connectivity index (χ1v) is 6.08. The van der Waals surface area contributed by atoms with Crippen LogP contribution >= 0.6 is 0 Å². The first kappa shape index (κ1) is 14.2. The lowest BCUT2D eigenvalue weighted by atomic mass is 9.94. The van der Waals surface area contributed by atoms with E-state index in [0.29, 0.717) is 12.0 Å². The minimum absolute atomic E-state index is 0.0617. The predicted molar refractivity (Wildman–Crippen MR) is 68.3 cm³/mol. The highest BCUT2D eigenvalue weighted by molar-refractivity contribution is 5.97. The minimum Gasteiger partial charge on any atom is -0.478 e. The maximum Gasteiger partial charge on any atom is 0.336 e. The van der Waals surface area contributed by atoms with Gasteiger partial charge in [0.1, 0.15) is 0 Å². The van der Waals surface area contributed by atoms with Crippen molar-refractivity contribution in [3.05, 3.63) is 34.4 Å². The van der Waals surface area contributed by atoms with Gasteiger partial charge in [-0.05, 0) is 37.0 Å². The molecule has 1 aromatic carbocycles. The van der Waals surface area contributed by atoms with Crippen LogP contribution in [0.1, 0.15) is 58.0 Å². The van der Waals surface area contributed by atoms with E-state index in [1.165, 1.54) is 6.07 Å². The molecule has 0 aromatic heterocycles. The smallest absolute Gasteiger partial charge is 0.336 e. The third-order valence-electron chi connectivity index (χ3n) is 3.05. The molecule has 4 nitrogen and oxygen atoms in total. The second kappa shape index (κ2) is 6.19. The average Bonchev–Trinajstić information content (AvgIpc) is 2.28. The molecule has 0 amide bonds. The number of carboxylic acids is 2. The van der Waals surface area contributed by atoms with Gasteiger partial charge in [-0.2, -0.15) is 0 Å². The van der Waals surface area contributed by atoms with Crippen molar-refractivity contribution < 1.29 is 19.8 Å². The summed E-state index contributed by atoms with van der Waals surface area (Å²) < 4.78 is 0. The minimum atomic E-state index is -1.09. The number of hydrogen-bond donors (Lipinski definition) is 2. The lowest BCUT2D eigenvalue weighted by Crippen LogP contribution is -2.10. The van der Waals surface area contributed by atoms with Crippen LogP contribution in [0.4, 0.5) is 0 Å². The zero-order valence-electron chi connectivity index (χ0n) is 10.7. The van der Waals surface area contributed by atoms with Crippen molar-refractivity contribution in [2.24, 2.45) is 0 Å². The molecule has 1 rings (SSSR count).